The molecular weight excluding hydrogens is 308 g/mol. The van der Waals surface area contributed by atoms with Crippen molar-refractivity contribution in [2.45, 2.75) is 12.5 Å². The van der Waals surface area contributed by atoms with Gasteiger partial charge in [0, 0.05) is 29.2 Å². The van der Waals surface area contributed by atoms with Crippen LogP contribution in [0.5, 0.6) is 5.75 Å². The maximum absolute atomic E-state index is 12.4. The number of rotatable bonds is 3. The van der Waals surface area contributed by atoms with Crippen molar-refractivity contribution in [3.8, 4) is 16.3 Å². The highest BCUT2D eigenvalue weighted by atomic mass is 32.1. The number of hydrogen-bond acceptors (Lipinski definition) is 4. The summed E-state index contributed by atoms with van der Waals surface area (Å²) < 4.78 is 5.72. The van der Waals surface area contributed by atoms with Crippen LogP contribution in [0.1, 0.15) is 5.56 Å². The summed E-state index contributed by atoms with van der Waals surface area (Å²) in [4.78, 5) is 16.7. The predicted octanol–water partition coefficient (Wildman–Crippen LogP) is 3.75. The van der Waals surface area contributed by atoms with E-state index in [1.807, 2.05) is 53.9 Å². The lowest BCUT2D eigenvalue weighted by atomic mass is 10.1. The molecule has 1 aliphatic heterocycles. The third kappa shape index (κ3) is 2.83. The van der Waals surface area contributed by atoms with Crippen molar-refractivity contribution >= 4 is 22.9 Å². The summed E-state index contributed by atoms with van der Waals surface area (Å²) in [5.74, 6) is 0.668. The molecule has 23 heavy (non-hydrogen) atoms. The molecule has 4 nitrogen and oxygen atoms in total. The molecule has 1 amide bonds. The molecule has 2 aromatic carbocycles. The van der Waals surface area contributed by atoms with Crippen LogP contribution in [0.15, 0.2) is 60.1 Å². The summed E-state index contributed by atoms with van der Waals surface area (Å²) in [6, 6.07) is 15.5. The van der Waals surface area contributed by atoms with Crippen molar-refractivity contribution in [1.29, 1.82) is 0 Å². The zero-order chi connectivity index (χ0) is 15.6. The van der Waals surface area contributed by atoms with Crippen molar-refractivity contribution in [2.24, 2.45) is 0 Å². The Kier molecular flexibility index (Phi) is 3.55. The highest BCUT2D eigenvalue weighted by Gasteiger charge is 2.28. The Bertz CT molecular complexity index is 821. The molecule has 5 heteroatoms. The van der Waals surface area contributed by atoms with E-state index >= 15 is 0 Å². The van der Waals surface area contributed by atoms with Gasteiger partial charge in [-0.2, -0.15) is 0 Å². The van der Waals surface area contributed by atoms with Gasteiger partial charge in [0.05, 0.1) is 0 Å². The summed E-state index contributed by atoms with van der Waals surface area (Å²) in [5.41, 5.74) is 2.82. The Hall–Kier alpha value is -2.66. The Balaban J connectivity index is 1.49. The lowest BCUT2D eigenvalue weighted by Gasteiger charge is -2.12. The smallest absolute Gasteiger partial charge is 0.265 e. The topological polar surface area (TPSA) is 51.2 Å². The van der Waals surface area contributed by atoms with Gasteiger partial charge in [-0.15, -0.1) is 11.3 Å². The van der Waals surface area contributed by atoms with Gasteiger partial charge in [0.1, 0.15) is 10.8 Å². The molecule has 1 unspecified atom stereocenters. The first-order valence-electron chi connectivity index (χ1n) is 7.35. The first kappa shape index (κ1) is 14.0. The fourth-order valence-corrected chi connectivity index (χ4v) is 3.28. The molecule has 0 saturated carbocycles. The van der Waals surface area contributed by atoms with Crippen LogP contribution in [0.2, 0.25) is 0 Å². The number of nitrogens with one attached hydrogen (secondary N) is 1. The zero-order valence-corrected chi connectivity index (χ0v) is 13.0. The van der Waals surface area contributed by atoms with Crippen LogP contribution in [0, 0.1) is 0 Å². The number of thiazole rings is 1. The Morgan fingerprint density at radius 3 is 2.96 bits per heavy atom. The molecule has 1 N–H and O–H groups in total. The monoisotopic (exact) mass is 322 g/mol. The number of fused-ring (bicyclic) bond motifs is 1. The van der Waals surface area contributed by atoms with Gasteiger partial charge in [0.25, 0.3) is 5.91 Å². The highest BCUT2D eigenvalue weighted by Crippen LogP contribution is 2.29. The number of anilines is 1. The summed E-state index contributed by atoms with van der Waals surface area (Å²) >= 11 is 1.57. The van der Waals surface area contributed by atoms with Gasteiger partial charge in [-0.25, -0.2) is 4.98 Å². The molecule has 0 fully saturated rings. The number of aromatic nitrogens is 1. The molecular formula is C18H14N2O2S. The van der Waals surface area contributed by atoms with E-state index in [4.69, 9.17) is 4.74 Å². The summed E-state index contributed by atoms with van der Waals surface area (Å²) in [5, 5.41) is 5.80. The fraction of sp³-hybridized carbons (Fsp3) is 0.111. The molecule has 0 bridgehead atoms. The largest absolute Gasteiger partial charge is 0.480 e. The second-order valence-corrected chi connectivity index (χ2v) is 6.22. The average Bonchev–Trinajstić information content (AvgIpc) is 3.24. The summed E-state index contributed by atoms with van der Waals surface area (Å²) in [7, 11) is 0. The molecule has 1 atom stereocenters. The number of carbonyl (C=O) groups excluding carboxylic acids is 1. The van der Waals surface area contributed by atoms with Crippen LogP contribution in [-0.2, 0) is 11.2 Å². The number of hydrogen-bond donors (Lipinski definition) is 1. The van der Waals surface area contributed by atoms with E-state index < -0.39 is 6.10 Å². The molecule has 4 rings (SSSR count). The Labute approximate surface area is 137 Å². The van der Waals surface area contributed by atoms with Crippen LogP contribution in [0.25, 0.3) is 10.6 Å². The van der Waals surface area contributed by atoms with Crippen molar-refractivity contribution in [2.75, 3.05) is 5.32 Å². The van der Waals surface area contributed by atoms with Gasteiger partial charge in [0.15, 0.2) is 6.10 Å². The number of carbonyl (C=O) groups is 1. The Morgan fingerprint density at radius 1 is 1.22 bits per heavy atom. The van der Waals surface area contributed by atoms with Crippen LogP contribution in [0.4, 0.5) is 5.69 Å². The molecule has 0 aliphatic carbocycles. The lowest BCUT2D eigenvalue weighted by Crippen LogP contribution is -2.31. The number of benzene rings is 2. The molecule has 1 aliphatic rings. The normalized spacial score (nSPS) is 15.7. The van der Waals surface area contributed by atoms with Crippen LogP contribution < -0.4 is 10.1 Å². The molecule has 0 spiro atoms. The second kappa shape index (κ2) is 5.85. The minimum Gasteiger partial charge on any atom is -0.480 e. The van der Waals surface area contributed by atoms with Gasteiger partial charge in [0.2, 0.25) is 0 Å². The number of amides is 1. The van der Waals surface area contributed by atoms with E-state index in [2.05, 4.69) is 10.3 Å². The second-order valence-electron chi connectivity index (χ2n) is 5.33. The Morgan fingerprint density at radius 2 is 2.13 bits per heavy atom. The maximum atomic E-state index is 12.4. The third-order valence-corrected chi connectivity index (χ3v) is 4.57. The van der Waals surface area contributed by atoms with Crippen LogP contribution >= 0.6 is 11.3 Å². The number of nitrogens with zero attached hydrogens (tertiary/aromatic N) is 1. The van der Waals surface area contributed by atoms with Crippen molar-refractivity contribution in [3.05, 3.63) is 65.7 Å². The summed E-state index contributed by atoms with van der Waals surface area (Å²) in [6.07, 6.45) is 1.90. The van der Waals surface area contributed by atoms with E-state index in [1.165, 1.54) is 0 Å². The summed E-state index contributed by atoms with van der Waals surface area (Å²) in [6.45, 7) is 0. The molecule has 114 valence electrons. The number of para-hydroxylation sites is 1. The average molecular weight is 322 g/mol. The van der Waals surface area contributed by atoms with E-state index in [0.29, 0.717) is 6.42 Å². The van der Waals surface area contributed by atoms with E-state index in [-0.39, 0.29) is 5.91 Å². The van der Waals surface area contributed by atoms with Crippen molar-refractivity contribution < 1.29 is 9.53 Å². The molecule has 3 aromatic rings. The minimum atomic E-state index is -0.476. The van der Waals surface area contributed by atoms with Gasteiger partial charge >= 0.3 is 0 Å². The molecule has 0 radical (unpaired) electrons. The maximum Gasteiger partial charge on any atom is 0.265 e. The van der Waals surface area contributed by atoms with Crippen LogP contribution in [-0.4, -0.2) is 17.0 Å². The van der Waals surface area contributed by atoms with Gasteiger partial charge in [-0.05, 0) is 23.8 Å². The van der Waals surface area contributed by atoms with Crippen molar-refractivity contribution in [3.63, 3.8) is 0 Å². The lowest BCUT2D eigenvalue weighted by molar-refractivity contribution is -0.122. The molecule has 0 saturated heterocycles. The van der Waals surface area contributed by atoms with Crippen LogP contribution in [0.3, 0.4) is 0 Å². The number of ether oxygens (including phenoxy) is 1. The van der Waals surface area contributed by atoms with Gasteiger partial charge < -0.3 is 10.1 Å². The highest BCUT2D eigenvalue weighted by molar-refractivity contribution is 7.13. The molecule has 2 heterocycles. The predicted molar refractivity (Wildman–Crippen MR) is 90.7 cm³/mol. The zero-order valence-electron chi connectivity index (χ0n) is 12.2. The van der Waals surface area contributed by atoms with E-state index in [9.17, 15) is 4.79 Å². The molecule has 1 aromatic heterocycles. The first-order valence-corrected chi connectivity index (χ1v) is 8.23. The van der Waals surface area contributed by atoms with E-state index in [1.54, 1.807) is 17.5 Å². The quantitative estimate of drug-likeness (QED) is 0.799. The van der Waals surface area contributed by atoms with Gasteiger partial charge in [-0.1, -0.05) is 30.3 Å². The standard InChI is InChI=1S/C18H14N2O2S/c21-17(16-11-12-4-1-2-7-15(12)22-16)20-14-6-3-5-13(10-14)18-19-8-9-23-18/h1-10,16H,11H2,(H,20,21). The SMILES string of the molecule is O=C(Nc1cccc(-c2nccs2)c1)C1Cc2ccccc2O1. The fourth-order valence-electron chi connectivity index (χ4n) is 2.65. The minimum absolute atomic E-state index is 0.127. The van der Waals surface area contributed by atoms with E-state index in [0.717, 1.165) is 27.6 Å². The third-order valence-electron chi connectivity index (χ3n) is 3.75. The first-order chi connectivity index (χ1) is 11.3. The van der Waals surface area contributed by atoms with Gasteiger partial charge in [-0.3, -0.25) is 4.79 Å². The van der Waals surface area contributed by atoms with Crippen molar-refractivity contribution in [1.82, 2.24) is 4.98 Å².